The van der Waals surface area contributed by atoms with Crippen molar-refractivity contribution in [3.63, 3.8) is 0 Å². The van der Waals surface area contributed by atoms with Crippen LogP contribution in [-0.4, -0.2) is 37.4 Å². The van der Waals surface area contributed by atoms with Gasteiger partial charge in [0.2, 0.25) is 11.8 Å². The smallest absolute Gasteiger partial charge is 0.225 e. The second-order valence-electron chi connectivity index (χ2n) is 5.16. The Labute approximate surface area is 125 Å². The number of methoxy groups -OCH3 is 1. The van der Waals surface area contributed by atoms with Crippen LogP contribution in [0.15, 0.2) is 24.3 Å². The molecular weight excluding hydrogens is 268 g/mol. The maximum Gasteiger partial charge on any atom is 0.225 e. The van der Waals surface area contributed by atoms with Gasteiger partial charge < -0.3 is 15.0 Å². The normalized spacial score (nSPS) is 22.0. The molecule has 1 fully saturated rings. The zero-order valence-corrected chi connectivity index (χ0v) is 12.8. The summed E-state index contributed by atoms with van der Waals surface area (Å²) in [7, 11) is 3.25. The number of benzene rings is 1. The molecule has 0 saturated carbocycles. The van der Waals surface area contributed by atoms with Gasteiger partial charge in [-0.3, -0.25) is 9.59 Å². The molecule has 0 unspecified atom stereocenters. The molecule has 2 atom stereocenters. The lowest BCUT2D eigenvalue weighted by Gasteiger charge is -2.40. The zero-order valence-electron chi connectivity index (χ0n) is 12.8. The largest absolute Gasteiger partial charge is 0.497 e. The van der Waals surface area contributed by atoms with Gasteiger partial charge in [0.05, 0.1) is 19.1 Å². The summed E-state index contributed by atoms with van der Waals surface area (Å²) in [4.78, 5) is 26.2. The van der Waals surface area contributed by atoms with Crippen LogP contribution in [0.1, 0.15) is 31.4 Å². The molecule has 2 amide bonds. The van der Waals surface area contributed by atoms with Crippen LogP contribution < -0.4 is 10.1 Å². The summed E-state index contributed by atoms with van der Waals surface area (Å²) in [6.45, 7) is 2.53. The van der Waals surface area contributed by atoms with E-state index in [0.717, 1.165) is 11.3 Å². The van der Waals surface area contributed by atoms with Crippen molar-refractivity contribution in [2.24, 2.45) is 5.92 Å². The Balaban J connectivity index is 2.43. The lowest BCUT2D eigenvalue weighted by molar-refractivity contribution is -0.143. The third-order valence-corrected chi connectivity index (χ3v) is 4.07. The van der Waals surface area contributed by atoms with Crippen molar-refractivity contribution in [2.45, 2.75) is 25.8 Å². The maximum absolute atomic E-state index is 12.2. The van der Waals surface area contributed by atoms with Gasteiger partial charge in [-0.15, -0.1) is 0 Å². The molecule has 1 aromatic rings. The third-order valence-electron chi connectivity index (χ3n) is 4.07. The molecule has 0 bridgehead atoms. The van der Waals surface area contributed by atoms with Gasteiger partial charge in [0, 0.05) is 20.0 Å². The SMILES string of the molecule is CCN1C(=O)CC[C@@H](C(=O)NC)[C@@H]1c1cccc(OC)c1. The number of amides is 2. The molecule has 114 valence electrons. The maximum atomic E-state index is 12.2. The van der Waals surface area contributed by atoms with Gasteiger partial charge in [-0.2, -0.15) is 0 Å². The third kappa shape index (κ3) is 3.01. The molecule has 2 rings (SSSR count). The Morgan fingerprint density at radius 2 is 2.24 bits per heavy atom. The van der Waals surface area contributed by atoms with E-state index in [-0.39, 0.29) is 23.8 Å². The highest BCUT2D eigenvalue weighted by Crippen LogP contribution is 2.37. The first-order valence-corrected chi connectivity index (χ1v) is 7.27. The average Bonchev–Trinajstić information content (AvgIpc) is 2.53. The second-order valence-corrected chi connectivity index (χ2v) is 5.16. The van der Waals surface area contributed by atoms with Crippen LogP contribution in [0.25, 0.3) is 0 Å². The summed E-state index contributed by atoms with van der Waals surface area (Å²) < 4.78 is 5.26. The number of carbonyl (C=O) groups excluding carboxylic acids is 2. The topological polar surface area (TPSA) is 58.6 Å². The van der Waals surface area contributed by atoms with E-state index in [9.17, 15) is 9.59 Å². The molecule has 5 nitrogen and oxygen atoms in total. The minimum atomic E-state index is -0.230. The fraction of sp³-hybridized carbons (Fsp3) is 0.500. The van der Waals surface area contributed by atoms with Crippen LogP contribution in [0.3, 0.4) is 0 Å². The lowest BCUT2D eigenvalue weighted by Crippen LogP contribution is -2.47. The molecule has 1 aliphatic rings. The molecule has 0 aromatic heterocycles. The highest BCUT2D eigenvalue weighted by atomic mass is 16.5. The number of hydrogen-bond acceptors (Lipinski definition) is 3. The van der Waals surface area contributed by atoms with Gasteiger partial charge in [-0.05, 0) is 31.0 Å². The molecule has 1 heterocycles. The molecule has 0 aliphatic carbocycles. The quantitative estimate of drug-likeness (QED) is 0.919. The van der Waals surface area contributed by atoms with Crippen molar-refractivity contribution in [1.29, 1.82) is 0 Å². The number of hydrogen-bond donors (Lipinski definition) is 1. The van der Waals surface area contributed by atoms with E-state index in [1.807, 2.05) is 31.2 Å². The van der Waals surface area contributed by atoms with Gasteiger partial charge in [-0.25, -0.2) is 0 Å². The molecule has 1 aromatic carbocycles. The average molecular weight is 290 g/mol. The van der Waals surface area contributed by atoms with E-state index in [4.69, 9.17) is 4.74 Å². The minimum Gasteiger partial charge on any atom is -0.497 e. The van der Waals surface area contributed by atoms with E-state index in [2.05, 4.69) is 5.32 Å². The van der Waals surface area contributed by atoms with E-state index < -0.39 is 0 Å². The number of ether oxygens (including phenoxy) is 1. The molecule has 1 N–H and O–H groups in total. The van der Waals surface area contributed by atoms with E-state index >= 15 is 0 Å². The monoisotopic (exact) mass is 290 g/mol. The number of rotatable bonds is 4. The molecule has 5 heteroatoms. The van der Waals surface area contributed by atoms with Gasteiger partial charge in [0.15, 0.2) is 0 Å². The number of likely N-dealkylation sites (tertiary alicyclic amines) is 1. The van der Waals surface area contributed by atoms with Crippen LogP contribution >= 0.6 is 0 Å². The summed E-state index contributed by atoms with van der Waals surface area (Å²) in [5.74, 6) is 0.594. The number of piperidine rings is 1. The van der Waals surface area contributed by atoms with Crippen LogP contribution in [-0.2, 0) is 9.59 Å². The molecule has 1 saturated heterocycles. The molecular formula is C16H22N2O3. The van der Waals surface area contributed by atoms with Gasteiger partial charge >= 0.3 is 0 Å². The minimum absolute atomic E-state index is 0.0197. The summed E-state index contributed by atoms with van der Waals surface area (Å²) in [6, 6.07) is 7.37. The first-order chi connectivity index (χ1) is 10.1. The number of nitrogens with one attached hydrogen (secondary N) is 1. The van der Waals surface area contributed by atoms with Gasteiger partial charge in [0.25, 0.3) is 0 Å². The first kappa shape index (κ1) is 15.4. The summed E-state index contributed by atoms with van der Waals surface area (Å²) >= 11 is 0. The van der Waals surface area contributed by atoms with E-state index in [1.165, 1.54) is 0 Å². The van der Waals surface area contributed by atoms with Crippen LogP contribution in [0, 0.1) is 5.92 Å². The Kier molecular flexibility index (Phi) is 4.83. The Bertz CT molecular complexity index is 530. The van der Waals surface area contributed by atoms with Crippen LogP contribution in [0.5, 0.6) is 5.75 Å². The van der Waals surface area contributed by atoms with Gasteiger partial charge in [-0.1, -0.05) is 12.1 Å². The van der Waals surface area contributed by atoms with E-state index in [0.29, 0.717) is 19.4 Å². The predicted octanol–water partition coefficient (Wildman–Crippen LogP) is 1.74. The standard InChI is InChI=1S/C16H22N2O3/c1-4-18-14(19)9-8-13(16(20)17-2)15(18)11-6-5-7-12(10-11)21-3/h5-7,10,13,15H,4,8-9H2,1-3H3,(H,17,20)/t13-,15+/m1/s1. The van der Waals surface area contributed by atoms with Crippen molar-refractivity contribution in [3.8, 4) is 5.75 Å². The number of carbonyl (C=O) groups is 2. The highest BCUT2D eigenvalue weighted by molar-refractivity contribution is 5.84. The second kappa shape index (κ2) is 6.61. The van der Waals surface area contributed by atoms with E-state index in [1.54, 1.807) is 19.1 Å². The van der Waals surface area contributed by atoms with Gasteiger partial charge in [0.1, 0.15) is 5.75 Å². The molecule has 0 radical (unpaired) electrons. The van der Waals surface area contributed by atoms with Crippen molar-refractivity contribution in [1.82, 2.24) is 10.2 Å². The first-order valence-electron chi connectivity index (χ1n) is 7.27. The zero-order chi connectivity index (χ0) is 15.4. The molecule has 0 spiro atoms. The predicted molar refractivity (Wildman–Crippen MR) is 79.9 cm³/mol. The summed E-state index contributed by atoms with van der Waals surface area (Å²) in [6.07, 6.45) is 1.00. The Morgan fingerprint density at radius 3 is 2.86 bits per heavy atom. The summed E-state index contributed by atoms with van der Waals surface area (Å²) in [5.41, 5.74) is 0.942. The summed E-state index contributed by atoms with van der Waals surface area (Å²) in [5, 5.41) is 2.71. The van der Waals surface area contributed by atoms with Crippen molar-refractivity contribution < 1.29 is 14.3 Å². The Hall–Kier alpha value is -2.04. The molecule has 1 aliphatic heterocycles. The lowest BCUT2D eigenvalue weighted by atomic mass is 9.83. The fourth-order valence-electron chi connectivity index (χ4n) is 3.02. The van der Waals surface area contributed by atoms with Crippen molar-refractivity contribution >= 4 is 11.8 Å². The fourth-order valence-corrected chi connectivity index (χ4v) is 3.02. The van der Waals surface area contributed by atoms with Crippen molar-refractivity contribution in [3.05, 3.63) is 29.8 Å². The van der Waals surface area contributed by atoms with Crippen LogP contribution in [0.2, 0.25) is 0 Å². The Morgan fingerprint density at radius 1 is 1.48 bits per heavy atom. The van der Waals surface area contributed by atoms with Crippen molar-refractivity contribution in [2.75, 3.05) is 20.7 Å². The van der Waals surface area contributed by atoms with Crippen LogP contribution in [0.4, 0.5) is 0 Å². The highest BCUT2D eigenvalue weighted by Gasteiger charge is 2.39. The number of nitrogens with zero attached hydrogens (tertiary/aromatic N) is 1. The molecule has 21 heavy (non-hydrogen) atoms.